The lowest BCUT2D eigenvalue weighted by Gasteiger charge is -2.44. The fraction of sp³-hybridized carbons (Fsp3) is 0.600. The number of aromatic amines is 1. The number of carbonyl (C=O) groups is 2. The lowest BCUT2D eigenvalue weighted by molar-refractivity contribution is -0.150. The average molecular weight is 718 g/mol. The van der Waals surface area contributed by atoms with Crippen LogP contribution in [-0.2, 0) is 34.5 Å². The molecule has 14 heteroatoms. The Bertz CT molecular complexity index is 1610. The number of carbonyl (C=O) groups excluding carboxylic acids is 2. The molecule has 1 saturated heterocycles. The monoisotopic (exact) mass is 717 g/mol. The lowest BCUT2D eigenvalue weighted by atomic mass is 10.1. The Hall–Kier alpha value is -3.31. The molecule has 0 spiro atoms. The first-order chi connectivity index (χ1) is 22.3. The summed E-state index contributed by atoms with van der Waals surface area (Å²) in [6.07, 6.45) is -1.82. The molecule has 1 amide bonds. The van der Waals surface area contributed by atoms with Crippen molar-refractivity contribution < 1.29 is 32.7 Å². The maximum atomic E-state index is 13.6. The average Bonchev–Trinajstić information content (AvgIpc) is 3.24. The van der Waals surface area contributed by atoms with E-state index in [1.54, 1.807) is 20.8 Å². The molecule has 2 heterocycles. The number of amides is 1. The Morgan fingerprint density at radius 2 is 1.43 bits per heavy atom. The molecule has 0 aliphatic carbocycles. The van der Waals surface area contributed by atoms with Crippen molar-refractivity contribution in [2.45, 2.75) is 135 Å². The molecule has 0 radical (unpaired) electrons. The molecule has 0 unspecified atom stereocenters. The first-order valence-corrected chi connectivity index (χ1v) is 22.4. The van der Waals surface area contributed by atoms with Crippen LogP contribution in [0.2, 0.25) is 36.3 Å². The van der Waals surface area contributed by atoms with E-state index in [0.29, 0.717) is 0 Å². The van der Waals surface area contributed by atoms with Crippen LogP contribution in [-0.4, -0.2) is 62.2 Å². The van der Waals surface area contributed by atoms with Crippen molar-refractivity contribution in [3.8, 4) is 0 Å². The second kappa shape index (κ2) is 14.9. The Labute approximate surface area is 291 Å². The van der Waals surface area contributed by atoms with Crippen molar-refractivity contribution in [2.24, 2.45) is 0 Å². The molecule has 49 heavy (non-hydrogen) atoms. The van der Waals surface area contributed by atoms with Crippen molar-refractivity contribution in [2.75, 3.05) is 0 Å². The first kappa shape index (κ1) is 40.1. The van der Waals surface area contributed by atoms with Crippen molar-refractivity contribution in [3.63, 3.8) is 0 Å². The zero-order valence-electron chi connectivity index (χ0n) is 31.3. The van der Waals surface area contributed by atoms with Crippen molar-refractivity contribution in [1.82, 2.24) is 14.9 Å². The standard InChI is InChI=1S/C35H55N3O9Si2/c1-33(2,3)45-30(40)24(36-32(42)43-22-23-17-15-14-16-18-23)21-25-27(46-48(10,11)34(4,5)6)28(47-49(12,13)35(7,8)9)29(44-25)38-20-19-26(39)37-31(38)41/h14-21,25,27-29H,22H2,1-13H3,(H,36,42)(H,37,39,41)/b24-21-/t25-,27-,28-,29-/m1/s1. The van der Waals surface area contributed by atoms with Gasteiger partial charge in [-0.15, -0.1) is 0 Å². The van der Waals surface area contributed by atoms with Gasteiger partial charge in [0.1, 0.15) is 36.2 Å². The van der Waals surface area contributed by atoms with E-state index in [0.717, 1.165) is 5.56 Å². The molecule has 3 rings (SSSR count). The zero-order valence-corrected chi connectivity index (χ0v) is 33.3. The predicted octanol–water partition coefficient (Wildman–Crippen LogP) is 6.37. The summed E-state index contributed by atoms with van der Waals surface area (Å²) in [4.78, 5) is 54.3. The highest BCUT2D eigenvalue weighted by atomic mass is 28.4. The normalized spacial score (nSPS) is 21.0. The maximum absolute atomic E-state index is 13.6. The number of alkyl carbamates (subject to hydrolysis) is 1. The van der Waals surface area contributed by atoms with Crippen LogP contribution in [0.15, 0.2) is 64.0 Å². The third kappa shape index (κ3) is 10.6. The Kier molecular flexibility index (Phi) is 12.2. The van der Waals surface area contributed by atoms with E-state index in [-0.39, 0.29) is 22.4 Å². The van der Waals surface area contributed by atoms with Gasteiger partial charge >= 0.3 is 17.8 Å². The van der Waals surface area contributed by atoms with Gasteiger partial charge in [-0.3, -0.25) is 19.7 Å². The van der Waals surface area contributed by atoms with Gasteiger partial charge in [0.25, 0.3) is 5.56 Å². The molecule has 0 saturated carbocycles. The molecular weight excluding hydrogens is 663 g/mol. The van der Waals surface area contributed by atoms with Gasteiger partial charge in [0.15, 0.2) is 22.9 Å². The highest BCUT2D eigenvalue weighted by Gasteiger charge is 2.54. The van der Waals surface area contributed by atoms with Gasteiger partial charge in [-0.05, 0) is 68.7 Å². The van der Waals surface area contributed by atoms with Crippen molar-refractivity contribution >= 4 is 28.7 Å². The quantitative estimate of drug-likeness (QED) is 0.163. The summed E-state index contributed by atoms with van der Waals surface area (Å²) in [5.74, 6) is -0.814. The summed E-state index contributed by atoms with van der Waals surface area (Å²) in [7, 11) is -5.14. The number of benzene rings is 1. The Morgan fingerprint density at radius 1 is 0.878 bits per heavy atom. The van der Waals surface area contributed by atoms with Crippen LogP contribution in [0.25, 0.3) is 0 Å². The van der Waals surface area contributed by atoms with Gasteiger partial charge < -0.3 is 23.1 Å². The second-order valence-electron chi connectivity index (χ2n) is 16.5. The largest absolute Gasteiger partial charge is 0.455 e. The molecule has 0 bridgehead atoms. The fourth-order valence-corrected chi connectivity index (χ4v) is 7.06. The number of nitrogens with zero attached hydrogens (tertiary/aromatic N) is 1. The smallest absolute Gasteiger partial charge is 0.412 e. The molecule has 1 aromatic carbocycles. The van der Waals surface area contributed by atoms with Crippen LogP contribution in [0.5, 0.6) is 0 Å². The molecule has 272 valence electrons. The van der Waals surface area contributed by atoms with Crippen LogP contribution in [0, 0.1) is 0 Å². The number of nitrogens with one attached hydrogen (secondary N) is 2. The minimum absolute atomic E-state index is 0.0229. The summed E-state index contributed by atoms with van der Waals surface area (Å²) in [6, 6.07) is 10.4. The number of aromatic nitrogens is 2. The molecule has 12 nitrogen and oxygen atoms in total. The summed E-state index contributed by atoms with van der Waals surface area (Å²) in [5, 5.41) is 2.10. The van der Waals surface area contributed by atoms with Gasteiger partial charge in [-0.1, -0.05) is 71.9 Å². The van der Waals surface area contributed by atoms with E-state index >= 15 is 0 Å². The number of rotatable bonds is 10. The molecule has 1 aliphatic rings. The third-order valence-electron chi connectivity index (χ3n) is 9.22. The number of hydrogen-bond donors (Lipinski definition) is 2. The summed E-state index contributed by atoms with van der Waals surface area (Å²) in [5.41, 5.74) is -1.59. The molecule has 2 N–H and O–H groups in total. The van der Waals surface area contributed by atoms with Gasteiger partial charge in [0, 0.05) is 12.3 Å². The summed E-state index contributed by atoms with van der Waals surface area (Å²) in [6.45, 7) is 26.1. The third-order valence-corrected chi connectivity index (χ3v) is 18.2. The summed E-state index contributed by atoms with van der Waals surface area (Å²) < 4.78 is 33.0. The van der Waals surface area contributed by atoms with Crippen LogP contribution < -0.4 is 16.6 Å². The van der Waals surface area contributed by atoms with Gasteiger partial charge in [-0.25, -0.2) is 14.4 Å². The maximum Gasteiger partial charge on any atom is 0.412 e. The van der Waals surface area contributed by atoms with E-state index in [4.69, 9.17) is 23.1 Å². The molecular formula is C35H55N3O9Si2. The molecule has 2 aromatic rings. The van der Waals surface area contributed by atoms with Crippen LogP contribution in [0.1, 0.15) is 74.1 Å². The van der Waals surface area contributed by atoms with Crippen LogP contribution in [0.3, 0.4) is 0 Å². The predicted molar refractivity (Wildman–Crippen MR) is 193 cm³/mol. The van der Waals surface area contributed by atoms with Gasteiger partial charge in [-0.2, -0.15) is 0 Å². The summed E-state index contributed by atoms with van der Waals surface area (Å²) >= 11 is 0. The molecule has 1 aromatic heterocycles. The SMILES string of the molecule is CC(C)(C)OC(=O)/C(=C/[C@H]1O[C@@H](n2ccc(=O)[nH]c2=O)[C@H](O[Si](C)(C)C(C)(C)C)[C@@H]1O[Si](C)(C)C(C)(C)C)NC(=O)OCc1ccccc1. The first-order valence-electron chi connectivity index (χ1n) is 16.6. The molecule has 1 fully saturated rings. The number of hydrogen-bond acceptors (Lipinski definition) is 9. The number of ether oxygens (including phenoxy) is 3. The Balaban J connectivity index is 2.19. The topological polar surface area (TPSA) is 147 Å². The van der Waals surface area contributed by atoms with E-state index < -0.39 is 70.1 Å². The van der Waals surface area contributed by atoms with E-state index in [1.807, 2.05) is 30.3 Å². The zero-order chi connectivity index (χ0) is 37.2. The molecule has 1 aliphatic heterocycles. The van der Waals surface area contributed by atoms with E-state index in [9.17, 15) is 19.2 Å². The number of H-pyrrole nitrogens is 1. The minimum atomic E-state index is -2.57. The molecule has 4 atom stereocenters. The van der Waals surface area contributed by atoms with Crippen LogP contribution >= 0.6 is 0 Å². The van der Waals surface area contributed by atoms with E-state index in [1.165, 1.54) is 22.9 Å². The van der Waals surface area contributed by atoms with Gasteiger partial charge in [0.05, 0.1) is 0 Å². The van der Waals surface area contributed by atoms with Crippen LogP contribution in [0.4, 0.5) is 4.79 Å². The van der Waals surface area contributed by atoms with E-state index in [2.05, 4.69) is 78.0 Å². The Morgan fingerprint density at radius 3 is 1.94 bits per heavy atom. The highest BCUT2D eigenvalue weighted by molar-refractivity contribution is 6.74. The second-order valence-corrected chi connectivity index (χ2v) is 26.0. The number of esters is 1. The fourth-order valence-electron chi connectivity index (χ4n) is 4.47. The van der Waals surface area contributed by atoms with Crippen molar-refractivity contribution in [3.05, 3.63) is 80.8 Å². The van der Waals surface area contributed by atoms with Crippen molar-refractivity contribution in [1.29, 1.82) is 0 Å². The van der Waals surface area contributed by atoms with Gasteiger partial charge in [0.2, 0.25) is 0 Å². The highest BCUT2D eigenvalue weighted by Crippen LogP contribution is 2.45. The minimum Gasteiger partial charge on any atom is -0.455 e. The lowest BCUT2D eigenvalue weighted by Crippen LogP contribution is -2.54.